The van der Waals surface area contributed by atoms with Gasteiger partial charge in [-0.2, -0.15) is 0 Å². The third-order valence-corrected chi connectivity index (χ3v) is 8.20. The fourth-order valence-electron chi connectivity index (χ4n) is 5.93. The van der Waals surface area contributed by atoms with Gasteiger partial charge in [0.05, 0.1) is 6.04 Å². The number of halogens is 1. The van der Waals surface area contributed by atoms with E-state index in [1.54, 1.807) is 23.4 Å². The van der Waals surface area contributed by atoms with Crippen molar-refractivity contribution in [2.24, 2.45) is 5.92 Å². The Bertz CT molecular complexity index is 1390. The Hall–Kier alpha value is -3.89. The maximum Gasteiger partial charge on any atom is 0.254 e. The fourth-order valence-corrected chi connectivity index (χ4v) is 5.93. The van der Waals surface area contributed by atoms with Crippen LogP contribution in [0.25, 0.3) is 11.1 Å². The molecule has 0 bridgehead atoms. The van der Waals surface area contributed by atoms with Crippen LogP contribution in [-0.2, 0) is 17.9 Å². The number of hydrogen-bond acceptors (Lipinski definition) is 7. The SMILES string of the molecule is O=C1CCC(N2Cc3cc(CNCC4CCN(c5ncc(-c6cccc(F)c6)cn5)CC4)ccc3C2=O)C(O)N1. The number of rotatable bonds is 7. The van der Waals surface area contributed by atoms with Crippen molar-refractivity contribution in [3.8, 4) is 11.1 Å². The van der Waals surface area contributed by atoms with Crippen LogP contribution in [0, 0.1) is 11.7 Å². The lowest BCUT2D eigenvalue weighted by Gasteiger charge is -2.35. The highest BCUT2D eigenvalue weighted by atomic mass is 19.1. The van der Waals surface area contributed by atoms with E-state index in [1.807, 2.05) is 18.2 Å². The average molecular weight is 545 g/mol. The number of piperidine rings is 2. The van der Waals surface area contributed by atoms with Crippen LogP contribution >= 0.6 is 0 Å². The fraction of sp³-hybridized carbons (Fsp3) is 0.400. The highest BCUT2D eigenvalue weighted by molar-refractivity contribution is 5.98. The second kappa shape index (κ2) is 11.3. The van der Waals surface area contributed by atoms with E-state index < -0.39 is 12.3 Å². The number of nitrogens with one attached hydrogen (secondary N) is 2. The van der Waals surface area contributed by atoms with Crippen LogP contribution in [0.4, 0.5) is 10.3 Å². The van der Waals surface area contributed by atoms with Gasteiger partial charge in [-0.15, -0.1) is 0 Å². The van der Waals surface area contributed by atoms with Crippen LogP contribution in [0.15, 0.2) is 54.9 Å². The molecule has 0 aliphatic carbocycles. The van der Waals surface area contributed by atoms with Gasteiger partial charge in [-0.25, -0.2) is 14.4 Å². The lowest BCUT2D eigenvalue weighted by Crippen LogP contribution is -2.55. The Labute approximate surface area is 232 Å². The van der Waals surface area contributed by atoms with Gasteiger partial charge in [0.1, 0.15) is 12.0 Å². The largest absolute Gasteiger partial charge is 0.372 e. The molecule has 2 fully saturated rings. The molecule has 4 heterocycles. The monoisotopic (exact) mass is 544 g/mol. The maximum absolute atomic E-state index is 13.5. The second-order valence-electron chi connectivity index (χ2n) is 10.9. The van der Waals surface area contributed by atoms with Gasteiger partial charge in [-0.05, 0) is 66.6 Å². The molecule has 2 aromatic carbocycles. The van der Waals surface area contributed by atoms with E-state index >= 15 is 0 Å². The van der Waals surface area contributed by atoms with Crippen molar-refractivity contribution in [1.82, 2.24) is 25.5 Å². The van der Waals surface area contributed by atoms with Crippen molar-refractivity contribution < 1.29 is 19.1 Å². The van der Waals surface area contributed by atoms with E-state index in [2.05, 4.69) is 31.6 Å². The Morgan fingerprint density at radius 1 is 1.02 bits per heavy atom. The number of anilines is 1. The summed E-state index contributed by atoms with van der Waals surface area (Å²) in [5.74, 6) is 0.711. The van der Waals surface area contributed by atoms with Crippen molar-refractivity contribution in [2.45, 2.75) is 51.0 Å². The number of amides is 2. The Morgan fingerprint density at radius 3 is 2.58 bits per heavy atom. The summed E-state index contributed by atoms with van der Waals surface area (Å²) >= 11 is 0. The van der Waals surface area contributed by atoms with Gasteiger partial charge in [0, 0.05) is 56.1 Å². The molecule has 0 spiro atoms. The van der Waals surface area contributed by atoms with Crippen LogP contribution in [0.3, 0.4) is 0 Å². The summed E-state index contributed by atoms with van der Waals surface area (Å²) < 4.78 is 13.5. The number of hydrogen-bond donors (Lipinski definition) is 3. The molecular formula is C30H33FN6O3. The van der Waals surface area contributed by atoms with Gasteiger partial charge in [-0.1, -0.05) is 24.3 Å². The van der Waals surface area contributed by atoms with Crippen LogP contribution < -0.4 is 15.5 Å². The molecule has 10 heteroatoms. The summed E-state index contributed by atoms with van der Waals surface area (Å²) in [6, 6.07) is 12.0. The van der Waals surface area contributed by atoms with E-state index in [9.17, 15) is 19.1 Å². The molecule has 0 saturated carbocycles. The molecule has 0 radical (unpaired) electrons. The number of fused-ring (bicyclic) bond motifs is 1. The quantitative estimate of drug-likeness (QED) is 0.420. The predicted molar refractivity (Wildman–Crippen MR) is 148 cm³/mol. The number of carbonyl (C=O) groups excluding carboxylic acids is 2. The highest BCUT2D eigenvalue weighted by Crippen LogP contribution is 2.29. The van der Waals surface area contributed by atoms with Crippen molar-refractivity contribution in [2.75, 3.05) is 24.5 Å². The van der Waals surface area contributed by atoms with Crippen LogP contribution in [0.5, 0.6) is 0 Å². The number of aromatic nitrogens is 2. The van der Waals surface area contributed by atoms with Gasteiger partial charge in [0.2, 0.25) is 11.9 Å². The first kappa shape index (κ1) is 26.3. The average Bonchev–Trinajstić information content (AvgIpc) is 3.29. The standard InChI is InChI=1S/C30H33FN6O3/c31-24-3-1-2-21(13-24)23-16-33-30(34-17-23)36-10-8-19(9-11-36)14-32-15-20-4-5-25-22(12-20)18-37(29(25)40)26-6-7-27(38)35-28(26)39/h1-5,12-13,16-17,19,26,28,32,39H,6-11,14-15,18H2,(H,35,38). The molecule has 3 N–H and O–H groups in total. The summed E-state index contributed by atoms with van der Waals surface area (Å²) in [5.41, 5.74) is 4.32. The Balaban J connectivity index is 0.971. The minimum absolute atomic E-state index is 0.0888. The number of carbonyl (C=O) groups is 2. The first-order chi connectivity index (χ1) is 19.4. The molecule has 1 aromatic heterocycles. The minimum atomic E-state index is -1.03. The smallest absolute Gasteiger partial charge is 0.254 e. The van der Waals surface area contributed by atoms with E-state index in [0.29, 0.717) is 43.4 Å². The molecule has 40 heavy (non-hydrogen) atoms. The summed E-state index contributed by atoms with van der Waals surface area (Å²) in [7, 11) is 0. The van der Waals surface area contributed by atoms with Gasteiger partial charge >= 0.3 is 0 Å². The second-order valence-corrected chi connectivity index (χ2v) is 10.9. The Morgan fingerprint density at radius 2 is 1.82 bits per heavy atom. The zero-order valence-corrected chi connectivity index (χ0v) is 22.2. The van der Waals surface area contributed by atoms with E-state index in [1.165, 1.54) is 12.1 Å². The topological polar surface area (TPSA) is 111 Å². The molecule has 2 unspecified atom stereocenters. The molecule has 3 aliphatic rings. The van der Waals surface area contributed by atoms with E-state index in [0.717, 1.165) is 54.7 Å². The van der Waals surface area contributed by atoms with Gasteiger partial charge in [0.25, 0.3) is 5.91 Å². The van der Waals surface area contributed by atoms with Crippen molar-refractivity contribution in [3.63, 3.8) is 0 Å². The summed E-state index contributed by atoms with van der Waals surface area (Å²) in [4.78, 5) is 37.4. The zero-order valence-electron chi connectivity index (χ0n) is 22.2. The first-order valence-electron chi connectivity index (χ1n) is 13.9. The molecule has 2 atom stereocenters. The molecule has 3 aromatic rings. The van der Waals surface area contributed by atoms with Gasteiger partial charge in [-0.3, -0.25) is 9.59 Å². The van der Waals surface area contributed by atoms with Crippen molar-refractivity contribution in [1.29, 1.82) is 0 Å². The van der Waals surface area contributed by atoms with Crippen molar-refractivity contribution in [3.05, 3.63) is 77.4 Å². The van der Waals surface area contributed by atoms with E-state index in [-0.39, 0.29) is 17.6 Å². The normalized spacial score (nSPS) is 21.4. The molecule has 208 valence electrons. The lowest BCUT2D eigenvalue weighted by molar-refractivity contribution is -0.129. The van der Waals surface area contributed by atoms with E-state index in [4.69, 9.17) is 0 Å². The third-order valence-electron chi connectivity index (χ3n) is 8.20. The molecule has 6 rings (SSSR count). The number of nitrogens with zero attached hydrogens (tertiary/aromatic N) is 4. The molecule has 2 saturated heterocycles. The summed E-state index contributed by atoms with van der Waals surface area (Å²) in [5, 5.41) is 16.4. The van der Waals surface area contributed by atoms with Crippen LogP contribution in [0.1, 0.15) is 47.2 Å². The zero-order chi connectivity index (χ0) is 27.6. The molecular weight excluding hydrogens is 511 g/mol. The molecule has 9 nitrogen and oxygen atoms in total. The van der Waals surface area contributed by atoms with Crippen molar-refractivity contribution >= 4 is 17.8 Å². The molecule has 3 aliphatic heterocycles. The Kier molecular flexibility index (Phi) is 7.44. The highest BCUT2D eigenvalue weighted by Gasteiger charge is 2.39. The van der Waals surface area contributed by atoms with Crippen LogP contribution in [0.2, 0.25) is 0 Å². The minimum Gasteiger partial charge on any atom is -0.372 e. The summed E-state index contributed by atoms with van der Waals surface area (Å²) in [6.07, 6.45) is 5.33. The summed E-state index contributed by atoms with van der Waals surface area (Å²) in [6.45, 7) is 3.84. The van der Waals surface area contributed by atoms with Gasteiger partial charge < -0.3 is 25.5 Å². The predicted octanol–water partition coefficient (Wildman–Crippen LogP) is 2.84. The van der Waals surface area contributed by atoms with Gasteiger partial charge in [0.15, 0.2) is 0 Å². The molecule has 2 amide bonds. The number of benzene rings is 2. The number of aliphatic hydroxyl groups excluding tert-OH is 1. The van der Waals surface area contributed by atoms with Crippen LogP contribution in [-0.4, -0.2) is 63.7 Å². The third kappa shape index (κ3) is 5.55. The number of aliphatic hydroxyl groups is 1. The maximum atomic E-state index is 13.5. The first-order valence-corrected chi connectivity index (χ1v) is 13.9. The lowest BCUT2D eigenvalue weighted by atomic mass is 9.97.